The van der Waals surface area contributed by atoms with Crippen molar-refractivity contribution in [2.45, 2.75) is 26.4 Å². The van der Waals surface area contributed by atoms with E-state index in [9.17, 15) is 5.11 Å². The molecule has 16 heavy (non-hydrogen) atoms. The summed E-state index contributed by atoms with van der Waals surface area (Å²) in [5.74, 6) is 0. The van der Waals surface area contributed by atoms with Gasteiger partial charge in [-0.05, 0) is 48.7 Å². The number of nitrogens with zero attached hydrogens (tertiary/aromatic N) is 1. The highest BCUT2D eigenvalue weighted by Crippen LogP contribution is 2.29. The minimum Gasteiger partial charge on any atom is -0.386 e. The number of thiophene rings is 1. The van der Waals surface area contributed by atoms with Crippen molar-refractivity contribution >= 4 is 11.3 Å². The molecule has 0 aliphatic heterocycles. The summed E-state index contributed by atoms with van der Waals surface area (Å²) in [6.07, 6.45) is 3.55. The standard InChI is InChI=1S/C13H15NOS/c1-9-7-16-8-12(9)10-4-11(6-14-5-10)13(2,3)15/h4-8,15H,1-3H3. The smallest absolute Gasteiger partial charge is 0.0855 e. The van der Waals surface area contributed by atoms with Crippen molar-refractivity contribution in [3.05, 3.63) is 40.3 Å². The van der Waals surface area contributed by atoms with Crippen LogP contribution in [0.2, 0.25) is 0 Å². The maximum absolute atomic E-state index is 9.94. The van der Waals surface area contributed by atoms with Crippen LogP contribution < -0.4 is 0 Å². The fourth-order valence-electron chi connectivity index (χ4n) is 1.58. The van der Waals surface area contributed by atoms with Crippen LogP contribution >= 0.6 is 11.3 Å². The van der Waals surface area contributed by atoms with Gasteiger partial charge in [0.25, 0.3) is 0 Å². The Balaban J connectivity index is 2.49. The van der Waals surface area contributed by atoms with Gasteiger partial charge in [0, 0.05) is 23.5 Å². The monoisotopic (exact) mass is 233 g/mol. The Kier molecular flexibility index (Phi) is 2.82. The van der Waals surface area contributed by atoms with E-state index in [1.54, 1.807) is 31.4 Å². The van der Waals surface area contributed by atoms with E-state index in [1.807, 2.05) is 12.3 Å². The van der Waals surface area contributed by atoms with E-state index in [1.165, 1.54) is 11.1 Å². The largest absolute Gasteiger partial charge is 0.386 e. The molecule has 1 N–H and O–H groups in total. The zero-order chi connectivity index (χ0) is 11.8. The Morgan fingerprint density at radius 2 is 2.00 bits per heavy atom. The molecular formula is C13H15NOS. The van der Waals surface area contributed by atoms with Crippen molar-refractivity contribution in [2.24, 2.45) is 0 Å². The van der Waals surface area contributed by atoms with E-state index in [4.69, 9.17) is 0 Å². The molecule has 0 bridgehead atoms. The minimum atomic E-state index is -0.840. The summed E-state index contributed by atoms with van der Waals surface area (Å²) in [5.41, 5.74) is 3.52. The molecule has 0 saturated heterocycles. The predicted octanol–water partition coefficient (Wildman–Crippen LogP) is 3.35. The van der Waals surface area contributed by atoms with Gasteiger partial charge in [-0.1, -0.05) is 0 Å². The third-order valence-electron chi connectivity index (χ3n) is 2.61. The molecule has 2 aromatic heterocycles. The van der Waals surface area contributed by atoms with Crippen LogP contribution in [0, 0.1) is 6.92 Å². The van der Waals surface area contributed by atoms with Crippen LogP contribution in [0.1, 0.15) is 25.0 Å². The quantitative estimate of drug-likeness (QED) is 0.863. The Bertz CT molecular complexity index is 497. The van der Waals surface area contributed by atoms with Gasteiger partial charge in [-0.2, -0.15) is 11.3 Å². The van der Waals surface area contributed by atoms with Gasteiger partial charge in [0.2, 0.25) is 0 Å². The van der Waals surface area contributed by atoms with Gasteiger partial charge in [-0.15, -0.1) is 0 Å². The highest BCUT2D eigenvalue weighted by Gasteiger charge is 2.17. The third-order valence-corrected chi connectivity index (χ3v) is 3.47. The van der Waals surface area contributed by atoms with Crippen LogP contribution in [-0.4, -0.2) is 10.1 Å². The van der Waals surface area contributed by atoms with Crippen molar-refractivity contribution in [3.63, 3.8) is 0 Å². The molecule has 0 aliphatic rings. The summed E-state index contributed by atoms with van der Waals surface area (Å²) in [4.78, 5) is 4.19. The van der Waals surface area contributed by atoms with Gasteiger partial charge in [0.05, 0.1) is 5.60 Å². The highest BCUT2D eigenvalue weighted by atomic mass is 32.1. The number of rotatable bonds is 2. The second-order valence-corrected chi connectivity index (χ2v) is 5.23. The molecule has 0 unspecified atom stereocenters. The van der Waals surface area contributed by atoms with Crippen LogP contribution in [0.25, 0.3) is 11.1 Å². The Morgan fingerprint density at radius 3 is 2.56 bits per heavy atom. The molecule has 2 rings (SSSR count). The molecule has 0 atom stereocenters. The molecule has 0 aromatic carbocycles. The van der Waals surface area contributed by atoms with Crippen molar-refractivity contribution in [3.8, 4) is 11.1 Å². The molecule has 2 heterocycles. The molecule has 2 nitrogen and oxygen atoms in total. The summed E-state index contributed by atoms with van der Waals surface area (Å²) in [7, 11) is 0. The van der Waals surface area contributed by atoms with Crippen molar-refractivity contribution in [1.82, 2.24) is 4.98 Å². The fourth-order valence-corrected chi connectivity index (χ4v) is 2.44. The number of hydrogen-bond donors (Lipinski definition) is 1. The summed E-state index contributed by atoms with van der Waals surface area (Å²) in [5, 5.41) is 14.2. The fraction of sp³-hybridized carbons (Fsp3) is 0.308. The Labute approximate surface area is 99.6 Å². The highest BCUT2D eigenvalue weighted by molar-refractivity contribution is 7.08. The first-order valence-corrected chi connectivity index (χ1v) is 6.14. The SMILES string of the molecule is Cc1cscc1-c1cncc(C(C)(C)O)c1. The second kappa shape index (κ2) is 4.00. The molecule has 0 radical (unpaired) electrons. The number of aryl methyl sites for hydroxylation is 1. The maximum Gasteiger partial charge on any atom is 0.0855 e. The van der Waals surface area contributed by atoms with E-state index in [-0.39, 0.29) is 0 Å². The van der Waals surface area contributed by atoms with Crippen LogP contribution in [0.3, 0.4) is 0 Å². The maximum atomic E-state index is 9.94. The molecule has 0 amide bonds. The number of hydrogen-bond acceptors (Lipinski definition) is 3. The molecule has 0 fully saturated rings. The van der Waals surface area contributed by atoms with E-state index >= 15 is 0 Å². The summed E-state index contributed by atoms with van der Waals surface area (Å²) >= 11 is 1.68. The van der Waals surface area contributed by atoms with Crippen LogP contribution in [0.15, 0.2) is 29.2 Å². The van der Waals surface area contributed by atoms with Gasteiger partial charge < -0.3 is 5.11 Å². The first-order chi connectivity index (χ1) is 7.48. The third kappa shape index (κ3) is 2.15. The van der Waals surface area contributed by atoms with Crippen molar-refractivity contribution in [2.75, 3.05) is 0 Å². The van der Waals surface area contributed by atoms with Crippen molar-refractivity contribution < 1.29 is 5.11 Å². The lowest BCUT2D eigenvalue weighted by atomic mass is 9.97. The van der Waals surface area contributed by atoms with Crippen LogP contribution in [0.5, 0.6) is 0 Å². The van der Waals surface area contributed by atoms with Crippen LogP contribution in [-0.2, 0) is 5.60 Å². The lowest BCUT2D eigenvalue weighted by Gasteiger charge is -2.17. The second-order valence-electron chi connectivity index (χ2n) is 4.49. The molecule has 2 aromatic rings. The average Bonchev–Trinajstić information content (AvgIpc) is 2.63. The minimum absolute atomic E-state index is 0.840. The average molecular weight is 233 g/mol. The molecule has 0 saturated carbocycles. The van der Waals surface area contributed by atoms with Gasteiger partial charge in [-0.3, -0.25) is 4.98 Å². The molecule has 84 valence electrons. The zero-order valence-corrected chi connectivity index (χ0v) is 10.5. The summed E-state index contributed by atoms with van der Waals surface area (Å²) in [6.45, 7) is 5.63. The number of aliphatic hydroxyl groups is 1. The van der Waals surface area contributed by atoms with E-state index in [0.717, 1.165) is 11.1 Å². The van der Waals surface area contributed by atoms with E-state index in [2.05, 4.69) is 22.7 Å². The lowest BCUT2D eigenvalue weighted by molar-refractivity contribution is 0.0783. The van der Waals surface area contributed by atoms with Gasteiger partial charge in [0.15, 0.2) is 0 Å². The van der Waals surface area contributed by atoms with E-state index in [0.29, 0.717) is 0 Å². The lowest BCUT2D eigenvalue weighted by Crippen LogP contribution is -2.15. The molecule has 0 aliphatic carbocycles. The molecular weight excluding hydrogens is 218 g/mol. The topological polar surface area (TPSA) is 33.1 Å². The van der Waals surface area contributed by atoms with Crippen LogP contribution in [0.4, 0.5) is 0 Å². The number of aromatic nitrogens is 1. The molecule has 3 heteroatoms. The number of pyridine rings is 1. The molecule has 0 spiro atoms. The normalized spacial score (nSPS) is 11.8. The predicted molar refractivity (Wildman–Crippen MR) is 67.5 cm³/mol. The van der Waals surface area contributed by atoms with Gasteiger partial charge in [0.1, 0.15) is 0 Å². The zero-order valence-electron chi connectivity index (χ0n) is 9.69. The Morgan fingerprint density at radius 1 is 1.25 bits per heavy atom. The van der Waals surface area contributed by atoms with Crippen molar-refractivity contribution in [1.29, 1.82) is 0 Å². The summed E-state index contributed by atoms with van der Waals surface area (Å²) < 4.78 is 0. The van der Waals surface area contributed by atoms with Gasteiger partial charge in [-0.25, -0.2) is 0 Å². The first kappa shape index (κ1) is 11.3. The summed E-state index contributed by atoms with van der Waals surface area (Å²) in [6, 6.07) is 2.00. The van der Waals surface area contributed by atoms with E-state index < -0.39 is 5.60 Å². The van der Waals surface area contributed by atoms with Gasteiger partial charge >= 0.3 is 0 Å². The Hall–Kier alpha value is -1.19. The first-order valence-electron chi connectivity index (χ1n) is 5.19.